The number of nitrogens with zero attached hydrogens (tertiary/aromatic N) is 3. The molecular weight excluding hydrogens is 288 g/mol. The first-order valence-electron chi connectivity index (χ1n) is 7.08. The number of hydrogen-bond donors (Lipinski definition) is 1. The second kappa shape index (κ2) is 6.17. The van der Waals surface area contributed by atoms with Gasteiger partial charge in [-0.05, 0) is 26.8 Å². The fourth-order valence-corrected chi connectivity index (χ4v) is 2.32. The Balaban J connectivity index is 1.99. The van der Waals surface area contributed by atoms with E-state index in [9.17, 15) is 14.9 Å². The summed E-state index contributed by atoms with van der Waals surface area (Å²) < 4.78 is 5.36. The smallest absolute Gasteiger partial charge is 0.407 e. The van der Waals surface area contributed by atoms with E-state index in [1.165, 1.54) is 12.4 Å². The van der Waals surface area contributed by atoms with Crippen LogP contribution in [0.2, 0.25) is 0 Å². The lowest BCUT2D eigenvalue weighted by molar-refractivity contribution is -0.384. The molecule has 0 radical (unpaired) electrons. The van der Waals surface area contributed by atoms with Crippen LogP contribution in [0, 0.1) is 10.1 Å². The highest BCUT2D eigenvalue weighted by atomic mass is 16.6. The van der Waals surface area contributed by atoms with Crippen molar-refractivity contribution in [1.82, 2.24) is 10.3 Å². The molecule has 1 aromatic heterocycles. The second-order valence-corrected chi connectivity index (χ2v) is 6.26. The largest absolute Gasteiger partial charge is 0.444 e. The molecule has 1 aromatic rings. The van der Waals surface area contributed by atoms with Crippen molar-refractivity contribution >= 4 is 17.5 Å². The molecule has 2 heterocycles. The molecule has 22 heavy (non-hydrogen) atoms. The highest BCUT2D eigenvalue weighted by Gasteiger charge is 2.30. The zero-order valence-electron chi connectivity index (χ0n) is 12.9. The van der Waals surface area contributed by atoms with E-state index in [1.54, 1.807) is 6.07 Å². The number of nitro groups is 1. The predicted octanol–water partition coefficient (Wildman–Crippen LogP) is 2.09. The Morgan fingerprint density at radius 3 is 2.91 bits per heavy atom. The minimum absolute atomic E-state index is 0.0395. The lowest BCUT2D eigenvalue weighted by Crippen LogP contribution is -2.42. The van der Waals surface area contributed by atoms with Gasteiger partial charge in [0.05, 0.1) is 11.5 Å². The molecule has 2 rings (SSSR count). The van der Waals surface area contributed by atoms with Gasteiger partial charge in [0.15, 0.2) is 0 Å². The standard InChI is InChI=1S/C14H20N4O4/c1-14(2,3)16-13(19)22-10-5-7-17(9-10)11-4-6-15-8-12(11)18(20)21/h4,6,8,10H,5,7,9H2,1-3H3,(H,16,19)/t10-/m0/s1. The van der Waals surface area contributed by atoms with Gasteiger partial charge in [0.25, 0.3) is 0 Å². The van der Waals surface area contributed by atoms with Gasteiger partial charge in [-0.3, -0.25) is 15.1 Å². The molecule has 0 bridgehead atoms. The molecule has 1 aliphatic rings. The number of anilines is 1. The van der Waals surface area contributed by atoms with Crippen molar-refractivity contribution in [2.45, 2.75) is 38.8 Å². The molecular formula is C14H20N4O4. The zero-order valence-corrected chi connectivity index (χ0v) is 12.9. The summed E-state index contributed by atoms with van der Waals surface area (Å²) in [6.45, 7) is 6.64. The Hall–Kier alpha value is -2.38. The fourth-order valence-electron chi connectivity index (χ4n) is 2.32. The van der Waals surface area contributed by atoms with Crippen LogP contribution in [0.1, 0.15) is 27.2 Å². The Morgan fingerprint density at radius 2 is 2.27 bits per heavy atom. The van der Waals surface area contributed by atoms with Crippen LogP contribution >= 0.6 is 0 Å². The molecule has 1 fully saturated rings. The van der Waals surface area contributed by atoms with Gasteiger partial charge >= 0.3 is 11.8 Å². The van der Waals surface area contributed by atoms with E-state index in [2.05, 4.69) is 10.3 Å². The first-order valence-corrected chi connectivity index (χ1v) is 7.08. The number of carbonyl (C=O) groups excluding carboxylic acids is 1. The molecule has 8 nitrogen and oxygen atoms in total. The Bertz CT molecular complexity index is 570. The molecule has 0 aliphatic carbocycles. The maximum absolute atomic E-state index is 11.8. The second-order valence-electron chi connectivity index (χ2n) is 6.26. The van der Waals surface area contributed by atoms with Gasteiger partial charge in [-0.25, -0.2) is 4.79 Å². The molecule has 0 saturated carbocycles. The van der Waals surface area contributed by atoms with E-state index in [0.29, 0.717) is 25.2 Å². The first kappa shape index (κ1) is 16.0. The van der Waals surface area contributed by atoms with E-state index >= 15 is 0 Å². The summed E-state index contributed by atoms with van der Waals surface area (Å²) in [5.41, 5.74) is 0.101. The number of aromatic nitrogens is 1. The zero-order chi connectivity index (χ0) is 16.3. The number of pyridine rings is 1. The highest BCUT2D eigenvalue weighted by Crippen LogP contribution is 2.30. The summed E-state index contributed by atoms with van der Waals surface area (Å²) in [4.78, 5) is 28.0. The van der Waals surface area contributed by atoms with Crippen molar-refractivity contribution in [3.05, 3.63) is 28.6 Å². The first-order chi connectivity index (χ1) is 10.3. The monoisotopic (exact) mass is 308 g/mol. The average molecular weight is 308 g/mol. The quantitative estimate of drug-likeness (QED) is 0.678. The van der Waals surface area contributed by atoms with Crippen molar-refractivity contribution in [1.29, 1.82) is 0 Å². The molecule has 1 aliphatic heterocycles. The summed E-state index contributed by atoms with van der Waals surface area (Å²) in [5, 5.41) is 13.8. The molecule has 0 spiro atoms. The molecule has 1 atom stereocenters. The summed E-state index contributed by atoms with van der Waals surface area (Å²) in [6, 6.07) is 1.61. The molecule has 1 saturated heterocycles. The SMILES string of the molecule is CC(C)(C)NC(=O)O[C@H]1CCN(c2ccncc2[N+](=O)[O-])C1. The number of ether oxygens (including phenoxy) is 1. The lowest BCUT2D eigenvalue weighted by atomic mass is 10.1. The van der Waals surface area contributed by atoms with Crippen LogP contribution in [0.5, 0.6) is 0 Å². The van der Waals surface area contributed by atoms with Gasteiger partial charge in [0.1, 0.15) is 18.0 Å². The van der Waals surface area contributed by atoms with E-state index < -0.39 is 11.0 Å². The fraction of sp³-hybridized carbons (Fsp3) is 0.571. The van der Waals surface area contributed by atoms with Gasteiger partial charge < -0.3 is 15.0 Å². The topological polar surface area (TPSA) is 97.6 Å². The Morgan fingerprint density at radius 1 is 1.55 bits per heavy atom. The third-order valence-electron chi connectivity index (χ3n) is 3.21. The average Bonchev–Trinajstić information content (AvgIpc) is 2.84. The van der Waals surface area contributed by atoms with Crippen molar-refractivity contribution in [2.24, 2.45) is 0 Å². The van der Waals surface area contributed by atoms with Crippen LogP contribution in [0.4, 0.5) is 16.2 Å². The van der Waals surface area contributed by atoms with Crippen molar-refractivity contribution < 1.29 is 14.5 Å². The molecule has 0 aromatic carbocycles. The molecule has 1 amide bonds. The van der Waals surface area contributed by atoms with Crippen molar-refractivity contribution in [2.75, 3.05) is 18.0 Å². The third kappa shape index (κ3) is 4.06. The van der Waals surface area contributed by atoms with Crippen LogP contribution < -0.4 is 10.2 Å². The number of amides is 1. The number of rotatable bonds is 3. The van der Waals surface area contributed by atoms with E-state index in [0.717, 1.165) is 0 Å². The van der Waals surface area contributed by atoms with Gasteiger partial charge in [0.2, 0.25) is 0 Å². The minimum atomic E-state index is -0.469. The van der Waals surface area contributed by atoms with E-state index in [1.807, 2.05) is 25.7 Å². The summed E-state index contributed by atoms with van der Waals surface area (Å²) in [5.74, 6) is 0. The summed E-state index contributed by atoms with van der Waals surface area (Å²) >= 11 is 0. The maximum atomic E-state index is 11.8. The predicted molar refractivity (Wildman–Crippen MR) is 80.9 cm³/mol. The van der Waals surface area contributed by atoms with Gasteiger partial charge in [-0.1, -0.05) is 0 Å². The summed E-state index contributed by atoms with van der Waals surface area (Å²) in [6.07, 6.45) is 2.63. The number of nitrogens with one attached hydrogen (secondary N) is 1. The molecule has 120 valence electrons. The summed E-state index contributed by atoms with van der Waals surface area (Å²) in [7, 11) is 0. The number of hydrogen-bond acceptors (Lipinski definition) is 6. The van der Waals surface area contributed by atoms with E-state index in [4.69, 9.17) is 4.74 Å². The van der Waals surface area contributed by atoms with Gasteiger partial charge in [-0.15, -0.1) is 0 Å². The van der Waals surface area contributed by atoms with Crippen LogP contribution in [0.15, 0.2) is 18.5 Å². The molecule has 0 unspecified atom stereocenters. The normalized spacial score (nSPS) is 18.1. The van der Waals surface area contributed by atoms with Crippen molar-refractivity contribution in [3.63, 3.8) is 0 Å². The van der Waals surface area contributed by atoms with Gasteiger partial charge in [-0.2, -0.15) is 0 Å². The van der Waals surface area contributed by atoms with Crippen LogP contribution in [-0.4, -0.2) is 40.7 Å². The molecule has 1 N–H and O–H groups in total. The molecule has 8 heteroatoms. The highest BCUT2D eigenvalue weighted by molar-refractivity contribution is 5.68. The van der Waals surface area contributed by atoms with Crippen LogP contribution in [0.25, 0.3) is 0 Å². The number of carbonyl (C=O) groups is 1. The Kier molecular flexibility index (Phi) is 4.48. The van der Waals surface area contributed by atoms with Gasteiger partial charge in [0, 0.05) is 24.7 Å². The maximum Gasteiger partial charge on any atom is 0.407 e. The van der Waals surface area contributed by atoms with Crippen LogP contribution in [0.3, 0.4) is 0 Å². The minimum Gasteiger partial charge on any atom is -0.444 e. The van der Waals surface area contributed by atoms with Crippen LogP contribution in [-0.2, 0) is 4.74 Å². The third-order valence-corrected chi connectivity index (χ3v) is 3.21. The van der Waals surface area contributed by atoms with Crippen molar-refractivity contribution in [3.8, 4) is 0 Å². The lowest BCUT2D eigenvalue weighted by Gasteiger charge is -2.22. The number of alkyl carbamates (subject to hydrolysis) is 1. The van der Waals surface area contributed by atoms with E-state index in [-0.39, 0.29) is 17.3 Å². The Labute approximate surface area is 128 Å².